The van der Waals surface area contributed by atoms with Gasteiger partial charge < -0.3 is 0 Å². The number of azo groups is 1. The maximum atomic E-state index is 12.8. The lowest BCUT2D eigenvalue weighted by Gasteiger charge is -2.02. The zero-order valence-corrected chi connectivity index (χ0v) is 18.8. The smallest absolute Gasteiger partial charge is 0.280 e. The van der Waals surface area contributed by atoms with Gasteiger partial charge in [-0.05, 0) is 63.1 Å². The molecule has 0 spiro atoms. The highest BCUT2D eigenvalue weighted by Crippen LogP contribution is 2.23. The predicted octanol–water partition coefficient (Wildman–Crippen LogP) is 4.94. The first-order valence-electron chi connectivity index (χ1n) is 9.86. The van der Waals surface area contributed by atoms with E-state index >= 15 is 0 Å². The van der Waals surface area contributed by atoms with Crippen LogP contribution in [0.15, 0.2) is 62.6 Å². The third-order valence-electron chi connectivity index (χ3n) is 4.88. The fourth-order valence-corrected chi connectivity index (χ4v) is 3.20. The Morgan fingerprint density at radius 3 is 2.44 bits per heavy atom. The van der Waals surface area contributed by atoms with Gasteiger partial charge in [-0.2, -0.15) is 24.7 Å². The molecule has 0 aliphatic heterocycles. The number of rotatable bonds is 5. The first kappa shape index (κ1) is 21.4. The molecule has 1 N–H and O–H groups in total. The van der Waals surface area contributed by atoms with E-state index in [2.05, 4.69) is 30.6 Å². The Kier molecular flexibility index (Phi) is 5.83. The van der Waals surface area contributed by atoms with Crippen LogP contribution in [0.4, 0.5) is 11.4 Å². The van der Waals surface area contributed by atoms with E-state index in [4.69, 9.17) is 11.6 Å². The van der Waals surface area contributed by atoms with Crippen LogP contribution in [-0.2, 0) is 0 Å². The average molecular weight is 449 g/mol. The number of aromatic nitrogens is 5. The zero-order chi connectivity index (χ0) is 22.8. The quantitative estimate of drug-likeness (QED) is 0.345. The Labute approximate surface area is 189 Å². The van der Waals surface area contributed by atoms with Crippen molar-refractivity contribution in [3.05, 3.63) is 86.3 Å². The van der Waals surface area contributed by atoms with E-state index in [1.54, 1.807) is 25.3 Å². The van der Waals surface area contributed by atoms with Gasteiger partial charge in [-0.25, -0.2) is 4.79 Å². The van der Waals surface area contributed by atoms with Crippen molar-refractivity contribution < 1.29 is 0 Å². The Morgan fingerprint density at radius 1 is 1.03 bits per heavy atom. The number of aromatic amines is 1. The fourth-order valence-electron chi connectivity index (χ4n) is 3.02. The van der Waals surface area contributed by atoms with Crippen molar-refractivity contribution in [2.45, 2.75) is 27.7 Å². The molecule has 0 radical (unpaired) electrons. The number of H-pyrrole nitrogens is 1. The van der Waals surface area contributed by atoms with Gasteiger partial charge >= 0.3 is 5.69 Å². The molecular weight excluding hydrogens is 428 g/mol. The Balaban J connectivity index is 1.54. The summed E-state index contributed by atoms with van der Waals surface area (Å²) in [6.45, 7) is 7.38. The number of hydrogen-bond donors (Lipinski definition) is 1. The molecular formula is C22H21ClN8O. The number of nitrogens with one attached hydrogen (secondary N) is 1. The minimum atomic E-state index is -0.380. The van der Waals surface area contributed by atoms with Crippen molar-refractivity contribution in [1.29, 1.82) is 0 Å². The third-order valence-corrected chi connectivity index (χ3v) is 5.29. The van der Waals surface area contributed by atoms with Gasteiger partial charge in [-0.15, -0.1) is 10.2 Å². The second-order valence-corrected chi connectivity index (χ2v) is 7.71. The van der Waals surface area contributed by atoms with Gasteiger partial charge in [0.2, 0.25) is 0 Å². The Bertz CT molecular complexity index is 1370. The predicted molar refractivity (Wildman–Crippen MR) is 124 cm³/mol. The van der Waals surface area contributed by atoms with Crippen LogP contribution < -0.4 is 5.69 Å². The fraction of sp³-hybridized carbons (Fsp3) is 0.182. The van der Waals surface area contributed by atoms with Crippen LogP contribution in [0.1, 0.15) is 28.3 Å². The molecule has 0 aliphatic rings. The maximum absolute atomic E-state index is 12.8. The van der Waals surface area contributed by atoms with Crippen LogP contribution in [0, 0.1) is 27.7 Å². The molecule has 0 amide bonds. The molecule has 10 heteroatoms. The molecule has 0 fully saturated rings. The van der Waals surface area contributed by atoms with E-state index in [-0.39, 0.29) is 5.69 Å². The second-order valence-electron chi connectivity index (χ2n) is 7.31. The highest BCUT2D eigenvalue weighted by atomic mass is 35.5. The van der Waals surface area contributed by atoms with Gasteiger partial charge in [0.1, 0.15) is 5.69 Å². The topological polar surface area (TPSA) is 106 Å². The third kappa shape index (κ3) is 4.28. The zero-order valence-electron chi connectivity index (χ0n) is 18.0. The molecule has 162 valence electrons. The number of benzene rings is 2. The molecule has 2 aromatic heterocycles. The summed E-state index contributed by atoms with van der Waals surface area (Å²) in [5, 5.41) is 24.7. The molecule has 9 nitrogen and oxygen atoms in total. The molecule has 0 atom stereocenters. The van der Waals surface area contributed by atoms with Crippen molar-refractivity contribution in [2.24, 2.45) is 15.3 Å². The minimum absolute atomic E-state index is 0.380. The van der Waals surface area contributed by atoms with Crippen molar-refractivity contribution >= 4 is 29.2 Å². The molecule has 0 unspecified atom stereocenters. The number of nitrogens with zero attached hydrogens (tertiary/aromatic N) is 7. The first-order valence-corrected chi connectivity index (χ1v) is 10.2. The lowest BCUT2D eigenvalue weighted by atomic mass is 10.2. The van der Waals surface area contributed by atoms with Gasteiger partial charge in [-0.1, -0.05) is 29.8 Å². The van der Waals surface area contributed by atoms with Gasteiger partial charge in [0.25, 0.3) is 0 Å². The van der Waals surface area contributed by atoms with Gasteiger partial charge in [-0.3, -0.25) is 5.10 Å². The molecule has 2 aromatic carbocycles. The average Bonchev–Trinajstić information content (AvgIpc) is 3.25. The summed E-state index contributed by atoms with van der Waals surface area (Å²) in [6, 6.07) is 12.7. The van der Waals surface area contributed by atoms with Crippen molar-refractivity contribution in [3.63, 3.8) is 0 Å². The van der Waals surface area contributed by atoms with E-state index in [1.807, 2.05) is 51.1 Å². The largest absolute Gasteiger partial charge is 0.371 e. The first-order chi connectivity index (χ1) is 15.3. The molecule has 0 saturated heterocycles. The minimum Gasteiger partial charge on any atom is -0.280 e. The van der Waals surface area contributed by atoms with E-state index in [0.717, 1.165) is 28.2 Å². The molecule has 32 heavy (non-hydrogen) atoms. The highest BCUT2D eigenvalue weighted by Gasteiger charge is 2.11. The summed E-state index contributed by atoms with van der Waals surface area (Å²) in [5.41, 5.74) is 5.02. The van der Waals surface area contributed by atoms with E-state index in [9.17, 15) is 4.79 Å². The summed E-state index contributed by atoms with van der Waals surface area (Å²) >= 11 is 6.18. The molecule has 2 heterocycles. The molecule has 0 bridgehead atoms. The van der Waals surface area contributed by atoms with Crippen molar-refractivity contribution in [1.82, 2.24) is 24.7 Å². The standard InChI is InChI=1S/C22H21ClN8O/c1-13-5-10-19(11-20(13)23)31-22(32)30(16(4)29-31)24-12-17-6-8-18(9-7-17)27-28-21-14(2)25-26-15(21)3/h5-12H,1-4H3,(H,25,26)/b24-12+,28-27?. The molecule has 0 saturated carbocycles. The lowest BCUT2D eigenvalue weighted by molar-refractivity contribution is 0.778. The van der Waals surface area contributed by atoms with Crippen LogP contribution >= 0.6 is 11.6 Å². The summed E-state index contributed by atoms with van der Waals surface area (Å²) < 4.78 is 2.52. The van der Waals surface area contributed by atoms with Gasteiger partial charge in [0, 0.05) is 5.02 Å². The van der Waals surface area contributed by atoms with Gasteiger partial charge in [0.05, 0.1) is 29.0 Å². The Morgan fingerprint density at radius 2 is 1.78 bits per heavy atom. The monoisotopic (exact) mass is 448 g/mol. The second kappa shape index (κ2) is 8.72. The summed E-state index contributed by atoms with van der Waals surface area (Å²) in [6.07, 6.45) is 1.59. The molecule has 4 aromatic rings. The summed E-state index contributed by atoms with van der Waals surface area (Å²) in [7, 11) is 0. The normalized spacial score (nSPS) is 11.8. The maximum Gasteiger partial charge on any atom is 0.371 e. The van der Waals surface area contributed by atoms with E-state index in [0.29, 0.717) is 22.2 Å². The van der Waals surface area contributed by atoms with Crippen molar-refractivity contribution in [3.8, 4) is 5.69 Å². The number of aryl methyl sites for hydroxylation is 4. The SMILES string of the molecule is Cc1ccc(-n2nc(C)n(/N=C/c3ccc(N=Nc4c(C)n[nH]c4C)cc3)c2=O)cc1Cl. The molecule has 4 rings (SSSR count). The van der Waals surface area contributed by atoms with Crippen LogP contribution in [0.3, 0.4) is 0 Å². The summed E-state index contributed by atoms with van der Waals surface area (Å²) in [5.74, 6) is 0.458. The molecule has 0 aliphatic carbocycles. The van der Waals surface area contributed by atoms with Crippen LogP contribution in [0.25, 0.3) is 5.69 Å². The van der Waals surface area contributed by atoms with E-state index < -0.39 is 0 Å². The van der Waals surface area contributed by atoms with Crippen LogP contribution in [-0.4, -0.2) is 30.9 Å². The van der Waals surface area contributed by atoms with Gasteiger partial charge in [0.15, 0.2) is 5.82 Å². The summed E-state index contributed by atoms with van der Waals surface area (Å²) in [4.78, 5) is 12.8. The van der Waals surface area contributed by atoms with Crippen LogP contribution in [0.5, 0.6) is 0 Å². The Hall–Kier alpha value is -3.85. The van der Waals surface area contributed by atoms with E-state index in [1.165, 1.54) is 9.36 Å². The number of halogens is 1. The van der Waals surface area contributed by atoms with Crippen molar-refractivity contribution in [2.75, 3.05) is 0 Å². The van der Waals surface area contributed by atoms with Crippen LogP contribution in [0.2, 0.25) is 5.02 Å². The number of hydrogen-bond acceptors (Lipinski definition) is 6. The lowest BCUT2D eigenvalue weighted by Crippen LogP contribution is -2.22. The highest BCUT2D eigenvalue weighted by molar-refractivity contribution is 6.31.